The molecule has 7 nitrogen and oxygen atoms in total. The van der Waals surface area contributed by atoms with E-state index in [4.69, 9.17) is 5.73 Å². The van der Waals surface area contributed by atoms with Crippen LogP contribution >= 0.6 is 0 Å². The maximum Gasteiger partial charge on any atom is 0.435 e. The number of rotatable bonds is 2. The van der Waals surface area contributed by atoms with Crippen LogP contribution in [0.2, 0.25) is 0 Å². The first-order valence-corrected chi connectivity index (χ1v) is 9.79. The fraction of sp³-hybridized carbons (Fsp3) is 0.400. The third kappa shape index (κ3) is 5.71. The average molecular weight is 474 g/mol. The third-order valence-corrected chi connectivity index (χ3v) is 4.88. The number of aromatic nitrogens is 5. The Morgan fingerprint density at radius 2 is 1.64 bits per heavy atom. The Hall–Kier alpha value is -3.38. The van der Waals surface area contributed by atoms with E-state index in [1.807, 2.05) is 10.7 Å². The zero-order valence-corrected chi connectivity index (χ0v) is 17.6. The number of carbonyl (C=O) groups excluding carboxylic acids is 1. The van der Waals surface area contributed by atoms with E-state index in [-0.39, 0.29) is 5.69 Å². The first-order chi connectivity index (χ1) is 15.3. The number of carbonyl (C=O) groups is 1. The quantitative estimate of drug-likeness (QED) is 0.565. The van der Waals surface area contributed by atoms with Gasteiger partial charge in [0.2, 0.25) is 0 Å². The van der Waals surface area contributed by atoms with E-state index in [9.17, 15) is 31.1 Å². The molecule has 0 aromatic carbocycles. The minimum absolute atomic E-state index is 0.271. The third-order valence-electron chi connectivity index (χ3n) is 4.88. The van der Waals surface area contributed by atoms with E-state index in [0.29, 0.717) is 23.0 Å². The van der Waals surface area contributed by atoms with E-state index in [2.05, 4.69) is 15.2 Å². The molecule has 33 heavy (non-hydrogen) atoms. The summed E-state index contributed by atoms with van der Waals surface area (Å²) in [5.41, 5.74) is 5.06. The average Bonchev–Trinajstić information content (AvgIpc) is 3.31. The summed E-state index contributed by atoms with van der Waals surface area (Å²) in [5.74, 6) is -0.939. The van der Waals surface area contributed by atoms with Gasteiger partial charge in [-0.05, 0) is 44.4 Å². The van der Waals surface area contributed by atoms with Gasteiger partial charge in [0.25, 0.3) is 5.91 Å². The van der Waals surface area contributed by atoms with Crippen LogP contribution in [0.3, 0.4) is 0 Å². The molecule has 0 spiro atoms. The maximum absolute atomic E-state index is 12.8. The fourth-order valence-corrected chi connectivity index (χ4v) is 3.36. The zero-order valence-electron chi connectivity index (χ0n) is 17.6. The monoisotopic (exact) mass is 474 g/mol. The summed E-state index contributed by atoms with van der Waals surface area (Å²) in [6, 6.07) is 5.21. The number of aryl methyl sites for hydroxylation is 4. The largest absolute Gasteiger partial charge is 0.435 e. The molecule has 3 aromatic rings. The number of pyridine rings is 1. The molecule has 178 valence electrons. The van der Waals surface area contributed by atoms with E-state index in [1.165, 1.54) is 7.05 Å². The Bertz CT molecular complexity index is 1140. The number of hydrogen-bond donors (Lipinski definition) is 1. The Kier molecular flexibility index (Phi) is 6.52. The van der Waals surface area contributed by atoms with Crippen LogP contribution < -0.4 is 5.73 Å². The molecule has 1 aliphatic heterocycles. The Morgan fingerprint density at radius 3 is 2.15 bits per heavy atom. The van der Waals surface area contributed by atoms with Gasteiger partial charge in [-0.25, -0.2) is 4.98 Å². The van der Waals surface area contributed by atoms with Crippen molar-refractivity contribution in [2.75, 3.05) is 0 Å². The van der Waals surface area contributed by atoms with Gasteiger partial charge < -0.3 is 5.73 Å². The van der Waals surface area contributed by atoms with Crippen molar-refractivity contribution in [3.05, 3.63) is 52.7 Å². The van der Waals surface area contributed by atoms with Crippen LogP contribution in [0.4, 0.5) is 26.3 Å². The Labute approximate surface area is 184 Å². The highest BCUT2D eigenvalue weighted by atomic mass is 19.4. The lowest BCUT2D eigenvalue weighted by Gasteiger charge is -2.11. The molecule has 0 radical (unpaired) electrons. The molecular weight excluding hydrogens is 454 g/mol. The number of hydrogen-bond acceptors (Lipinski definition) is 4. The van der Waals surface area contributed by atoms with Crippen molar-refractivity contribution in [3.63, 3.8) is 0 Å². The van der Waals surface area contributed by atoms with Gasteiger partial charge >= 0.3 is 12.4 Å². The molecule has 0 saturated carbocycles. The highest BCUT2D eigenvalue weighted by Crippen LogP contribution is 2.32. The lowest BCUT2D eigenvalue weighted by molar-refractivity contribution is -0.142. The first kappa shape index (κ1) is 24.3. The Morgan fingerprint density at radius 1 is 0.970 bits per heavy atom. The molecule has 4 rings (SSSR count). The van der Waals surface area contributed by atoms with Crippen molar-refractivity contribution in [2.24, 2.45) is 12.8 Å². The van der Waals surface area contributed by atoms with Crippen molar-refractivity contribution < 1.29 is 31.1 Å². The van der Waals surface area contributed by atoms with E-state index in [1.54, 1.807) is 13.0 Å². The van der Waals surface area contributed by atoms with Crippen LogP contribution in [-0.2, 0) is 32.4 Å². The summed E-state index contributed by atoms with van der Waals surface area (Å²) in [7, 11) is 1.22. The second kappa shape index (κ2) is 8.87. The van der Waals surface area contributed by atoms with Gasteiger partial charge in [0, 0.05) is 36.6 Å². The minimum Gasteiger partial charge on any atom is -0.364 e. The van der Waals surface area contributed by atoms with Crippen molar-refractivity contribution in [1.29, 1.82) is 0 Å². The zero-order chi connectivity index (χ0) is 24.6. The minimum atomic E-state index is -4.55. The van der Waals surface area contributed by atoms with Crippen LogP contribution in [0.5, 0.6) is 0 Å². The van der Waals surface area contributed by atoms with E-state index in [0.717, 1.165) is 42.2 Å². The van der Waals surface area contributed by atoms with Gasteiger partial charge in [0.15, 0.2) is 5.69 Å². The summed E-state index contributed by atoms with van der Waals surface area (Å²) in [5, 5.41) is 7.50. The lowest BCUT2D eigenvalue weighted by Crippen LogP contribution is -2.15. The summed E-state index contributed by atoms with van der Waals surface area (Å²) >= 11 is 0. The number of amides is 1. The van der Waals surface area contributed by atoms with Crippen molar-refractivity contribution in [1.82, 2.24) is 24.5 Å². The molecule has 0 unspecified atom stereocenters. The second-order valence-electron chi connectivity index (χ2n) is 7.48. The number of primary amides is 1. The van der Waals surface area contributed by atoms with E-state index >= 15 is 0 Å². The fourth-order valence-electron chi connectivity index (χ4n) is 3.36. The molecule has 4 heterocycles. The Balaban J connectivity index is 0.000000205. The van der Waals surface area contributed by atoms with Crippen LogP contribution in [0, 0.1) is 6.92 Å². The molecule has 0 saturated heterocycles. The van der Waals surface area contributed by atoms with Gasteiger partial charge in [-0.1, -0.05) is 0 Å². The number of alkyl halides is 6. The molecular formula is C20H20F6N6O. The predicted octanol–water partition coefficient (Wildman–Crippen LogP) is 4.15. The molecule has 2 N–H and O–H groups in total. The molecule has 0 aliphatic carbocycles. The molecule has 0 fully saturated rings. The summed E-state index contributed by atoms with van der Waals surface area (Å²) in [4.78, 5) is 14.1. The summed E-state index contributed by atoms with van der Waals surface area (Å²) in [6.45, 7) is 2.40. The van der Waals surface area contributed by atoms with Gasteiger partial charge in [0.1, 0.15) is 11.4 Å². The van der Waals surface area contributed by atoms with E-state index < -0.39 is 29.6 Å². The van der Waals surface area contributed by atoms with Crippen molar-refractivity contribution in [3.8, 4) is 11.3 Å². The SMILES string of the molecule is Cc1cc(-c2cc3n(n2)CCCC3)cc(C(F)(F)F)n1.Cn1nc(C(F)(F)F)cc1C(N)=O. The van der Waals surface area contributed by atoms with Crippen LogP contribution in [-0.4, -0.2) is 30.5 Å². The summed E-state index contributed by atoms with van der Waals surface area (Å²) in [6.07, 6.45) is -5.87. The van der Waals surface area contributed by atoms with Crippen molar-refractivity contribution >= 4 is 5.91 Å². The second-order valence-corrected chi connectivity index (χ2v) is 7.48. The van der Waals surface area contributed by atoms with Crippen molar-refractivity contribution in [2.45, 2.75) is 45.1 Å². The molecule has 0 atom stereocenters. The summed E-state index contributed by atoms with van der Waals surface area (Å²) < 4.78 is 77.1. The number of nitrogens with two attached hydrogens (primary N) is 1. The number of nitrogens with zero attached hydrogens (tertiary/aromatic N) is 5. The van der Waals surface area contributed by atoms with Gasteiger partial charge in [-0.15, -0.1) is 0 Å². The molecule has 1 amide bonds. The lowest BCUT2D eigenvalue weighted by atomic mass is 10.1. The molecule has 13 heteroatoms. The smallest absolute Gasteiger partial charge is 0.364 e. The van der Waals surface area contributed by atoms with Crippen LogP contribution in [0.25, 0.3) is 11.3 Å². The molecule has 0 bridgehead atoms. The van der Waals surface area contributed by atoms with Gasteiger partial charge in [-0.3, -0.25) is 14.2 Å². The normalized spacial score (nSPS) is 13.8. The topological polar surface area (TPSA) is 91.6 Å². The first-order valence-electron chi connectivity index (χ1n) is 9.79. The van der Waals surface area contributed by atoms with Gasteiger partial charge in [-0.2, -0.15) is 36.5 Å². The predicted molar refractivity (Wildman–Crippen MR) is 105 cm³/mol. The van der Waals surface area contributed by atoms with Crippen LogP contribution in [0.15, 0.2) is 24.3 Å². The van der Waals surface area contributed by atoms with Crippen LogP contribution in [0.1, 0.15) is 46.1 Å². The van der Waals surface area contributed by atoms with Gasteiger partial charge in [0.05, 0.1) is 5.69 Å². The maximum atomic E-state index is 12.8. The molecule has 3 aromatic heterocycles. The number of halogens is 6. The highest BCUT2D eigenvalue weighted by Gasteiger charge is 2.35. The standard InChI is InChI=1S/C14H14F3N3.C6H6F3N3O/c1-9-6-10(7-13(18-9)14(15,16)17)12-8-11-4-2-3-5-20(11)19-12;1-12-3(5(10)13)2-4(11-12)6(7,8)9/h6-8H,2-5H2,1H3;2H,1H3,(H2,10,13). The number of fused-ring (bicyclic) bond motifs is 1. The molecule has 1 aliphatic rings. The highest BCUT2D eigenvalue weighted by molar-refractivity contribution is 5.91.